The minimum atomic E-state index is -0.699. The molecule has 0 fully saturated rings. The molecule has 0 saturated carbocycles. The van der Waals surface area contributed by atoms with Crippen LogP contribution in [0.25, 0.3) is 22.4 Å². The first-order chi connectivity index (χ1) is 10.9. The summed E-state index contributed by atoms with van der Waals surface area (Å²) in [6.45, 7) is 3.71. The van der Waals surface area contributed by atoms with E-state index in [1.807, 2.05) is 26.0 Å². The van der Waals surface area contributed by atoms with Gasteiger partial charge >= 0.3 is 6.09 Å². The number of nitrogens with zero attached hydrogens (tertiary/aromatic N) is 1. The molecule has 23 heavy (non-hydrogen) atoms. The SMILES string of the molecule is CC1(C)OC(=O)Nc2cc3nc(-c4ccc(O)cc4)[nH]c3cc21. The number of anilines is 1. The number of carbonyl (C=O) groups excluding carboxylic acids is 1. The van der Waals surface area contributed by atoms with Crippen molar-refractivity contribution in [2.24, 2.45) is 0 Å². The second kappa shape index (κ2) is 4.49. The number of aromatic hydroxyl groups is 1. The Hall–Kier alpha value is -3.02. The van der Waals surface area contributed by atoms with Crippen molar-refractivity contribution in [1.82, 2.24) is 9.97 Å². The third-order valence-corrected chi connectivity index (χ3v) is 4.00. The van der Waals surface area contributed by atoms with Gasteiger partial charge in [0.2, 0.25) is 0 Å². The summed E-state index contributed by atoms with van der Waals surface area (Å²) < 4.78 is 5.34. The zero-order valence-electron chi connectivity index (χ0n) is 12.7. The lowest BCUT2D eigenvalue weighted by molar-refractivity contribution is 0.0421. The number of amides is 1. The van der Waals surface area contributed by atoms with Gasteiger partial charge in [-0.3, -0.25) is 5.32 Å². The fourth-order valence-corrected chi connectivity index (χ4v) is 2.84. The van der Waals surface area contributed by atoms with E-state index in [4.69, 9.17) is 4.74 Å². The molecule has 1 amide bonds. The van der Waals surface area contributed by atoms with Gasteiger partial charge in [0.25, 0.3) is 0 Å². The highest BCUT2D eigenvalue weighted by molar-refractivity contribution is 5.94. The van der Waals surface area contributed by atoms with Crippen molar-refractivity contribution < 1.29 is 14.6 Å². The number of aromatic amines is 1. The van der Waals surface area contributed by atoms with Crippen molar-refractivity contribution in [3.8, 4) is 17.1 Å². The van der Waals surface area contributed by atoms with Gasteiger partial charge in [-0.05, 0) is 50.2 Å². The third-order valence-electron chi connectivity index (χ3n) is 4.00. The van der Waals surface area contributed by atoms with E-state index in [-0.39, 0.29) is 5.75 Å². The molecule has 2 heterocycles. The van der Waals surface area contributed by atoms with Crippen LogP contribution in [0.5, 0.6) is 5.75 Å². The summed E-state index contributed by atoms with van der Waals surface area (Å²) in [4.78, 5) is 19.5. The van der Waals surface area contributed by atoms with Crippen LogP contribution in [0.15, 0.2) is 36.4 Å². The second-order valence-corrected chi connectivity index (χ2v) is 6.07. The van der Waals surface area contributed by atoms with Crippen molar-refractivity contribution in [3.63, 3.8) is 0 Å². The Kier molecular flexibility index (Phi) is 2.66. The number of benzene rings is 2. The van der Waals surface area contributed by atoms with Crippen LogP contribution in [0, 0.1) is 0 Å². The quantitative estimate of drug-likeness (QED) is 0.639. The van der Waals surface area contributed by atoms with Gasteiger partial charge in [0, 0.05) is 11.1 Å². The molecule has 0 spiro atoms. The molecule has 2 aromatic carbocycles. The number of fused-ring (bicyclic) bond motifs is 2. The Morgan fingerprint density at radius 2 is 1.91 bits per heavy atom. The summed E-state index contributed by atoms with van der Waals surface area (Å²) in [6.07, 6.45) is -0.462. The fourth-order valence-electron chi connectivity index (χ4n) is 2.84. The van der Waals surface area contributed by atoms with Gasteiger partial charge in [-0.25, -0.2) is 9.78 Å². The maximum absolute atomic E-state index is 11.7. The molecular weight excluding hydrogens is 294 g/mol. The smallest absolute Gasteiger partial charge is 0.412 e. The lowest BCUT2D eigenvalue weighted by Gasteiger charge is -2.32. The largest absolute Gasteiger partial charge is 0.508 e. The predicted molar refractivity (Wildman–Crippen MR) is 86.3 cm³/mol. The fraction of sp³-hybridized carbons (Fsp3) is 0.176. The Labute approximate surface area is 132 Å². The van der Waals surface area contributed by atoms with Gasteiger partial charge in [-0.1, -0.05) is 0 Å². The normalized spacial score (nSPS) is 15.8. The third kappa shape index (κ3) is 2.19. The highest BCUT2D eigenvalue weighted by Gasteiger charge is 2.34. The highest BCUT2D eigenvalue weighted by Crippen LogP contribution is 2.38. The number of imidazole rings is 1. The van der Waals surface area contributed by atoms with Crippen molar-refractivity contribution in [3.05, 3.63) is 42.0 Å². The van der Waals surface area contributed by atoms with E-state index in [0.29, 0.717) is 11.5 Å². The van der Waals surface area contributed by atoms with Gasteiger partial charge in [0.1, 0.15) is 17.2 Å². The number of hydrogen-bond donors (Lipinski definition) is 3. The summed E-state index contributed by atoms with van der Waals surface area (Å²) in [5.41, 5.74) is 3.39. The Bertz CT molecular complexity index is 926. The first kappa shape index (κ1) is 13.6. The number of cyclic esters (lactones) is 1. The van der Waals surface area contributed by atoms with Crippen molar-refractivity contribution in [1.29, 1.82) is 0 Å². The van der Waals surface area contributed by atoms with Crippen molar-refractivity contribution in [2.45, 2.75) is 19.4 Å². The first-order valence-electron chi connectivity index (χ1n) is 7.26. The molecule has 116 valence electrons. The minimum Gasteiger partial charge on any atom is -0.508 e. The molecule has 0 bridgehead atoms. The predicted octanol–water partition coefficient (Wildman–Crippen LogP) is 3.73. The van der Waals surface area contributed by atoms with Crippen LogP contribution in [0.3, 0.4) is 0 Å². The van der Waals surface area contributed by atoms with Crippen molar-refractivity contribution >= 4 is 22.8 Å². The number of nitrogens with one attached hydrogen (secondary N) is 2. The van der Waals surface area contributed by atoms with Crippen LogP contribution >= 0.6 is 0 Å². The summed E-state index contributed by atoms with van der Waals surface area (Å²) in [5.74, 6) is 0.911. The van der Waals surface area contributed by atoms with Crippen LogP contribution in [-0.2, 0) is 10.3 Å². The maximum Gasteiger partial charge on any atom is 0.412 e. The Morgan fingerprint density at radius 1 is 1.17 bits per heavy atom. The second-order valence-electron chi connectivity index (χ2n) is 6.07. The van der Waals surface area contributed by atoms with Gasteiger partial charge in [0.05, 0.1) is 16.7 Å². The Morgan fingerprint density at radius 3 is 2.65 bits per heavy atom. The summed E-state index contributed by atoms with van der Waals surface area (Å²) >= 11 is 0. The number of ether oxygens (including phenoxy) is 1. The number of carbonyl (C=O) groups is 1. The molecular formula is C17H15N3O3. The maximum atomic E-state index is 11.7. The van der Waals surface area contributed by atoms with E-state index in [9.17, 15) is 9.90 Å². The molecule has 0 unspecified atom stereocenters. The molecule has 1 aliphatic rings. The van der Waals surface area contributed by atoms with E-state index in [1.54, 1.807) is 24.3 Å². The molecule has 3 aromatic rings. The number of hydrogen-bond acceptors (Lipinski definition) is 4. The monoisotopic (exact) mass is 309 g/mol. The highest BCUT2D eigenvalue weighted by atomic mass is 16.6. The number of phenols is 1. The number of H-pyrrole nitrogens is 1. The first-order valence-corrected chi connectivity index (χ1v) is 7.26. The Balaban J connectivity index is 1.87. The molecule has 6 nitrogen and oxygen atoms in total. The molecule has 0 saturated heterocycles. The van der Waals surface area contributed by atoms with Crippen LogP contribution < -0.4 is 5.32 Å². The van der Waals surface area contributed by atoms with Crippen LogP contribution in [0.4, 0.5) is 10.5 Å². The van der Waals surface area contributed by atoms with Gasteiger partial charge in [-0.2, -0.15) is 0 Å². The van der Waals surface area contributed by atoms with Crippen LogP contribution in [0.2, 0.25) is 0 Å². The van der Waals surface area contributed by atoms with Gasteiger partial charge in [-0.15, -0.1) is 0 Å². The average molecular weight is 309 g/mol. The lowest BCUT2D eigenvalue weighted by atomic mass is 9.94. The van der Waals surface area contributed by atoms with Crippen LogP contribution in [0.1, 0.15) is 19.4 Å². The topological polar surface area (TPSA) is 87.2 Å². The molecule has 0 atom stereocenters. The standard InChI is InChI=1S/C17H15N3O3/c1-17(2)11-7-13-14(8-12(11)20-16(22)23-17)19-15(18-13)9-3-5-10(21)6-4-9/h3-8,21H,1-2H3,(H,18,19)(H,20,22). The number of aromatic nitrogens is 2. The average Bonchev–Trinajstić information content (AvgIpc) is 2.88. The molecule has 0 radical (unpaired) electrons. The molecule has 0 aliphatic carbocycles. The van der Waals surface area contributed by atoms with Gasteiger partial charge < -0.3 is 14.8 Å². The number of rotatable bonds is 1. The molecule has 6 heteroatoms. The summed E-state index contributed by atoms with van der Waals surface area (Å²) in [6, 6.07) is 10.6. The van der Waals surface area contributed by atoms with E-state index >= 15 is 0 Å². The minimum absolute atomic E-state index is 0.210. The molecule has 1 aromatic heterocycles. The molecule has 4 rings (SSSR count). The molecule has 3 N–H and O–H groups in total. The molecule has 1 aliphatic heterocycles. The summed E-state index contributed by atoms with van der Waals surface area (Å²) in [5, 5.41) is 12.1. The van der Waals surface area contributed by atoms with E-state index in [0.717, 1.165) is 22.2 Å². The van der Waals surface area contributed by atoms with E-state index < -0.39 is 11.7 Å². The summed E-state index contributed by atoms with van der Waals surface area (Å²) in [7, 11) is 0. The zero-order valence-corrected chi connectivity index (χ0v) is 12.7. The zero-order chi connectivity index (χ0) is 16.2. The van der Waals surface area contributed by atoms with Crippen molar-refractivity contribution in [2.75, 3.05) is 5.32 Å². The van der Waals surface area contributed by atoms with Crippen LogP contribution in [-0.4, -0.2) is 21.2 Å². The van der Waals surface area contributed by atoms with E-state index in [1.165, 1.54) is 0 Å². The van der Waals surface area contributed by atoms with E-state index in [2.05, 4.69) is 15.3 Å². The lowest BCUT2D eigenvalue weighted by Crippen LogP contribution is -2.34. The number of phenolic OH excluding ortho intramolecular Hbond substituents is 1. The van der Waals surface area contributed by atoms with Gasteiger partial charge in [0.15, 0.2) is 0 Å².